The number of aromatic nitrogens is 2. The highest BCUT2D eigenvalue weighted by molar-refractivity contribution is 6.54. The molecule has 0 saturated carbocycles. The van der Waals surface area contributed by atoms with Crippen LogP contribution in [0.4, 0.5) is 5.69 Å². The Hall–Kier alpha value is -2.84. The maximum atomic E-state index is 13.0. The van der Waals surface area contributed by atoms with Crippen LogP contribution in [0.5, 0.6) is 0 Å². The highest BCUT2D eigenvalue weighted by Gasteiger charge is 2.22. The summed E-state index contributed by atoms with van der Waals surface area (Å²) in [6.07, 6.45) is 2.45. The topological polar surface area (TPSA) is 101 Å². The van der Waals surface area contributed by atoms with E-state index in [0.29, 0.717) is 39.7 Å². The first-order valence-electron chi connectivity index (χ1n) is 9.46. The first kappa shape index (κ1) is 23.3. The van der Waals surface area contributed by atoms with Crippen LogP contribution >= 0.6 is 46.4 Å². The number of anilines is 1. The van der Waals surface area contributed by atoms with Gasteiger partial charge in [-0.15, -0.1) is 0 Å². The largest absolute Gasteiger partial charge is 0.477 e. The summed E-state index contributed by atoms with van der Waals surface area (Å²) in [5.74, 6) is -1.94. The molecule has 0 unspecified atom stereocenters. The van der Waals surface area contributed by atoms with Gasteiger partial charge in [0.2, 0.25) is 0 Å². The van der Waals surface area contributed by atoms with Crippen LogP contribution in [0.25, 0.3) is 22.6 Å². The lowest BCUT2D eigenvalue weighted by Crippen LogP contribution is -2.21. The van der Waals surface area contributed by atoms with E-state index in [0.717, 1.165) is 11.1 Å². The van der Waals surface area contributed by atoms with Gasteiger partial charge < -0.3 is 10.4 Å². The molecule has 0 spiro atoms. The molecule has 1 aliphatic rings. The van der Waals surface area contributed by atoms with E-state index in [1.807, 2.05) is 6.08 Å². The van der Waals surface area contributed by atoms with Gasteiger partial charge in [0.15, 0.2) is 0 Å². The fourth-order valence-electron chi connectivity index (χ4n) is 3.42. The molecule has 1 amide bonds. The number of halogens is 4. The maximum Gasteiger partial charge on any atom is 0.349 e. The van der Waals surface area contributed by atoms with E-state index in [1.54, 1.807) is 22.8 Å². The van der Waals surface area contributed by atoms with Crippen molar-refractivity contribution in [2.75, 3.05) is 5.32 Å². The van der Waals surface area contributed by atoms with E-state index < -0.39 is 21.9 Å². The van der Waals surface area contributed by atoms with E-state index in [2.05, 4.69) is 10.3 Å². The zero-order valence-electron chi connectivity index (χ0n) is 16.5. The molecule has 7 nitrogen and oxygen atoms in total. The van der Waals surface area contributed by atoms with Gasteiger partial charge in [0.05, 0.1) is 10.9 Å². The zero-order valence-corrected chi connectivity index (χ0v) is 19.6. The van der Waals surface area contributed by atoms with Crippen LogP contribution in [-0.2, 0) is 16.1 Å². The monoisotopic (exact) mass is 523 g/mol. The zero-order chi connectivity index (χ0) is 23.9. The molecule has 2 aromatic carbocycles. The second-order valence-electron chi connectivity index (χ2n) is 7.10. The van der Waals surface area contributed by atoms with Gasteiger partial charge >= 0.3 is 5.97 Å². The summed E-state index contributed by atoms with van der Waals surface area (Å²) in [6, 6.07) is 9.67. The first-order chi connectivity index (χ1) is 15.7. The summed E-state index contributed by atoms with van der Waals surface area (Å²) in [4.78, 5) is 40.7. The lowest BCUT2D eigenvalue weighted by Gasteiger charge is -2.09. The molecular formula is C22H13Cl4N3O4. The summed E-state index contributed by atoms with van der Waals surface area (Å²) in [7, 11) is 0. The minimum absolute atomic E-state index is 0.217. The van der Waals surface area contributed by atoms with Gasteiger partial charge in [0.1, 0.15) is 15.9 Å². The summed E-state index contributed by atoms with van der Waals surface area (Å²) in [5, 5.41) is 11.2. The molecule has 4 rings (SSSR count). The Morgan fingerprint density at radius 3 is 2.55 bits per heavy atom. The van der Waals surface area contributed by atoms with Crippen molar-refractivity contribution in [1.82, 2.24) is 9.55 Å². The number of carbonyl (C=O) groups excluding carboxylic acids is 1. The van der Waals surface area contributed by atoms with E-state index in [1.165, 1.54) is 18.2 Å². The van der Waals surface area contributed by atoms with Gasteiger partial charge in [0.25, 0.3) is 11.5 Å². The number of hydrogen-bond donors (Lipinski definition) is 2. The minimum atomic E-state index is -1.53. The average Bonchev–Trinajstić information content (AvgIpc) is 3.17. The van der Waals surface area contributed by atoms with Crippen LogP contribution in [0.1, 0.15) is 17.8 Å². The lowest BCUT2D eigenvalue weighted by atomic mass is 10.1. The molecule has 2 N–H and O–H groups in total. The molecule has 0 radical (unpaired) electrons. The van der Waals surface area contributed by atoms with Crippen molar-refractivity contribution in [2.24, 2.45) is 0 Å². The van der Waals surface area contributed by atoms with E-state index in [4.69, 9.17) is 51.5 Å². The first-order valence-corrected chi connectivity index (χ1v) is 11.0. The molecule has 11 heteroatoms. The number of carboxylic acids is 1. The van der Waals surface area contributed by atoms with Gasteiger partial charge in [-0.05, 0) is 54.0 Å². The van der Waals surface area contributed by atoms with Crippen molar-refractivity contribution in [3.8, 4) is 0 Å². The van der Waals surface area contributed by atoms with Crippen molar-refractivity contribution >= 4 is 86.5 Å². The normalized spacial score (nSPS) is 14.8. The minimum Gasteiger partial charge on any atom is -0.477 e. The summed E-state index contributed by atoms with van der Waals surface area (Å²) >= 11 is 23.5. The number of hydrogen-bond acceptors (Lipinski definition) is 4. The number of nitrogens with one attached hydrogen (secondary N) is 1. The van der Waals surface area contributed by atoms with Crippen LogP contribution in [0.2, 0.25) is 10.0 Å². The Kier molecular flexibility index (Phi) is 6.50. The maximum absolute atomic E-state index is 13.0. The predicted molar refractivity (Wildman–Crippen MR) is 130 cm³/mol. The number of benzene rings is 2. The van der Waals surface area contributed by atoms with Gasteiger partial charge in [-0.2, -0.15) is 0 Å². The van der Waals surface area contributed by atoms with Crippen molar-refractivity contribution in [2.45, 2.75) is 13.0 Å². The Labute approximate surface area is 206 Å². The molecule has 0 aliphatic carbocycles. The molecule has 1 aliphatic heterocycles. The molecule has 0 saturated heterocycles. The fourth-order valence-corrected chi connectivity index (χ4v) is 4.09. The molecule has 33 heavy (non-hydrogen) atoms. The fraction of sp³-hybridized carbons (Fsp3) is 0.0909. The smallest absolute Gasteiger partial charge is 0.349 e. The van der Waals surface area contributed by atoms with Gasteiger partial charge in [-0.3, -0.25) is 14.2 Å². The number of nitrogens with zero attached hydrogens (tertiary/aromatic N) is 2. The van der Waals surface area contributed by atoms with Gasteiger partial charge in [0, 0.05) is 22.3 Å². The third kappa shape index (κ3) is 4.63. The number of rotatable bonds is 4. The third-order valence-electron chi connectivity index (χ3n) is 4.98. The number of aliphatic carboxylic acids is 1. The summed E-state index contributed by atoms with van der Waals surface area (Å²) in [6.45, 7) is 0.473. The van der Waals surface area contributed by atoms with Crippen molar-refractivity contribution in [3.05, 3.63) is 78.2 Å². The molecule has 0 fully saturated rings. The number of fused-ring (bicyclic) bond motifs is 2. The molecule has 0 atom stereocenters. The van der Waals surface area contributed by atoms with E-state index >= 15 is 0 Å². The van der Waals surface area contributed by atoms with Crippen molar-refractivity contribution in [1.29, 1.82) is 0 Å². The predicted octanol–water partition coefficient (Wildman–Crippen LogP) is 5.36. The number of carboxylic acid groups (broad SMARTS) is 1. The number of allylic oxidation sites excluding steroid dienone is 1. The highest BCUT2D eigenvalue weighted by atomic mass is 35.5. The van der Waals surface area contributed by atoms with Crippen LogP contribution in [0, 0.1) is 0 Å². The Bertz CT molecular complexity index is 1460. The van der Waals surface area contributed by atoms with E-state index in [-0.39, 0.29) is 11.2 Å². The molecule has 2 heterocycles. The SMILES string of the molecule is O=C(O)C(Cl)=C(Cl)C(=O)Nc1ccc2c(=O)n3c(nc2c1)C(=Cc1ccc(Cl)cc1Cl)CC3. The van der Waals surface area contributed by atoms with Crippen molar-refractivity contribution < 1.29 is 14.7 Å². The lowest BCUT2D eigenvalue weighted by molar-refractivity contribution is -0.132. The second kappa shape index (κ2) is 9.19. The molecule has 0 bridgehead atoms. The summed E-state index contributed by atoms with van der Waals surface area (Å²) in [5.41, 5.74) is 1.97. The van der Waals surface area contributed by atoms with Gasteiger partial charge in [-0.25, -0.2) is 9.78 Å². The van der Waals surface area contributed by atoms with Gasteiger partial charge in [-0.1, -0.05) is 52.5 Å². The van der Waals surface area contributed by atoms with Crippen LogP contribution in [-0.4, -0.2) is 26.5 Å². The Morgan fingerprint density at radius 1 is 1.09 bits per heavy atom. The Balaban J connectivity index is 1.74. The molecule has 1 aromatic heterocycles. The quantitative estimate of drug-likeness (QED) is 0.447. The van der Waals surface area contributed by atoms with E-state index in [9.17, 15) is 14.4 Å². The average molecular weight is 525 g/mol. The molecule has 3 aromatic rings. The standard InChI is InChI=1S/C22H13Cl4N3O4/c23-12-2-1-10(15(24)8-12)7-11-5-6-29-19(11)28-16-9-13(3-4-14(16)21(29)31)27-20(30)17(25)18(26)22(32)33/h1-4,7-9H,5-6H2,(H,27,30)(H,32,33). The molecular weight excluding hydrogens is 512 g/mol. The van der Waals surface area contributed by atoms with Crippen LogP contribution in [0.3, 0.4) is 0 Å². The number of amides is 1. The number of carbonyl (C=O) groups is 2. The van der Waals surface area contributed by atoms with Crippen LogP contribution < -0.4 is 10.9 Å². The second-order valence-corrected chi connectivity index (χ2v) is 8.70. The summed E-state index contributed by atoms with van der Waals surface area (Å²) < 4.78 is 1.59. The van der Waals surface area contributed by atoms with Crippen LogP contribution in [0.15, 0.2) is 51.3 Å². The van der Waals surface area contributed by atoms with Crippen molar-refractivity contribution in [3.63, 3.8) is 0 Å². The molecule has 168 valence electrons. The Morgan fingerprint density at radius 2 is 1.85 bits per heavy atom. The third-order valence-corrected chi connectivity index (χ3v) is 6.35. The highest BCUT2D eigenvalue weighted by Crippen LogP contribution is 2.31.